The first-order valence-corrected chi connectivity index (χ1v) is 12.7. The number of hydrogen-bond acceptors (Lipinski definition) is 8. The van der Waals surface area contributed by atoms with E-state index < -0.39 is 11.3 Å². The van der Waals surface area contributed by atoms with Crippen molar-refractivity contribution in [2.24, 2.45) is 5.41 Å². The van der Waals surface area contributed by atoms with Crippen LogP contribution in [0.15, 0.2) is 54.5 Å². The molecule has 1 atom stereocenters. The van der Waals surface area contributed by atoms with E-state index in [0.717, 1.165) is 24.1 Å². The fraction of sp³-hybridized carbons (Fsp3) is 0.321. The van der Waals surface area contributed by atoms with E-state index in [1.807, 2.05) is 43.3 Å². The molecule has 1 aromatic heterocycles. The summed E-state index contributed by atoms with van der Waals surface area (Å²) in [6.07, 6.45) is 5.65. The van der Waals surface area contributed by atoms with Crippen molar-refractivity contribution in [3.05, 3.63) is 77.0 Å². The first-order chi connectivity index (χ1) is 18.1. The molecule has 0 bridgehead atoms. The van der Waals surface area contributed by atoms with Crippen molar-refractivity contribution in [3.8, 4) is 12.1 Å². The number of fused-ring (bicyclic) bond motifs is 1. The number of pyridine rings is 1. The predicted molar refractivity (Wildman–Crippen MR) is 149 cm³/mol. The third kappa shape index (κ3) is 4.96. The summed E-state index contributed by atoms with van der Waals surface area (Å²) in [6, 6.07) is 15.4. The number of benzene rings is 2. The number of aromatic nitrogens is 1. The number of nitrogens with zero attached hydrogens (tertiary/aromatic N) is 4. The molecule has 3 aromatic rings. The zero-order chi connectivity index (χ0) is 27.1. The molecule has 2 heterocycles. The Morgan fingerprint density at radius 2 is 1.97 bits per heavy atom. The monoisotopic (exact) mass is 508 g/mol. The highest BCUT2D eigenvalue weighted by atomic mass is 19.1. The lowest BCUT2D eigenvalue weighted by molar-refractivity contribution is 0.260. The maximum atomic E-state index is 15.5. The van der Waals surface area contributed by atoms with Gasteiger partial charge in [0, 0.05) is 36.1 Å². The second-order valence-electron chi connectivity index (χ2n) is 11.3. The normalized spacial score (nSPS) is 16.7. The first-order valence-electron chi connectivity index (χ1n) is 12.7. The number of hydrazine groups is 2. The summed E-state index contributed by atoms with van der Waals surface area (Å²) in [5.74, 6) is -0.493. The highest BCUT2D eigenvalue weighted by molar-refractivity contribution is 6.19. The van der Waals surface area contributed by atoms with Crippen molar-refractivity contribution in [1.82, 2.24) is 21.0 Å². The van der Waals surface area contributed by atoms with Crippen LogP contribution in [-0.4, -0.2) is 30.4 Å². The summed E-state index contributed by atoms with van der Waals surface area (Å²) in [6.45, 7) is 6.86. The number of rotatable bonds is 7. The maximum Gasteiger partial charge on any atom is 0.151 e. The lowest BCUT2D eigenvalue weighted by Gasteiger charge is -2.34. The molecule has 0 amide bonds. The van der Waals surface area contributed by atoms with Crippen LogP contribution in [0.3, 0.4) is 0 Å². The summed E-state index contributed by atoms with van der Waals surface area (Å²) in [4.78, 5) is 4.25. The van der Waals surface area contributed by atoms with Gasteiger partial charge in [0.05, 0.1) is 34.0 Å². The Labute approximate surface area is 222 Å². The van der Waals surface area contributed by atoms with E-state index in [4.69, 9.17) is 0 Å². The Morgan fingerprint density at radius 3 is 2.66 bits per heavy atom. The van der Waals surface area contributed by atoms with Crippen molar-refractivity contribution in [2.45, 2.75) is 45.1 Å². The highest BCUT2D eigenvalue weighted by Crippen LogP contribution is 2.37. The number of anilines is 2. The van der Waals surface area contributed by atoms with Crippen molar-refractivity contribution in [2.75, 3.05) is 17.2 Å². The Balaban J connectivity index is 1.61. The molecule has 2 aliphatic rings. The van der Waals surface area contributed by atoms with Gasteiger partial charge < -0.3 is 16.1 Å². The van der Waals surface area contributed by atoms with Gasteiger partial charge in [-0.3, -0.25) is 9.99 Å². The average Bonchev–Trinajstić information content (AvgIpc) is 3.62. The van der Waals surface area contributed by atoms with Crippen LogP contribution in [0.25, 0.3) is 10.9 Å². The fourth-order valence-corrected chi connectivity index (χ4v) is 4.58. The van der Waals surface area contributed by atoms with Gasteiger partial charge in [0.2, 0.25) is 0 Å². The van der Waals surface area contributed by atoms with Gasteiger partial charge in [-0.1, -0.05) is 32.9 Å². The van der Waals surface area contributed by atoms with Gasteiger partial charge in [0.25, 0.3) is 0 Å². The SMILES string of the molecule is BC(Nc1cc(F)c2ncc(C#N)c(NCC(C)(C)C)c2c1)(C1=CN(C2CC2)NN1)c1cccc(C#N)c1. The largest absolute Gasteiger partial charge is 0.383 e. The molecule has 5 rings (SSSR count). The van der Waals surface area contributed by atoms with Gasteiger partial charge in [-0.2, -0.15) is 10.5 Å². The van der Waals surface area contributed by atoms with Crippen molar-refractivity contribution >= 4 is 30.1 Å². The van der Waals surface area contributed by atoms with E-state index in [0.29, 0.717) is 40.5 Å². The van der Waals surface area contributed by atoms with E-state index >= 15 is 4.39 Å². The molecule has 1 unspecified atom stereocenters. The molecule has 192 valence electrons. The number of nitriles is 2. The van der Waals surface area contributed by atoms with Crippen molar-refractivity contribution < 1.29 is 4.39 Å². The minimum atomic E-state index is -0.844. The van der Waals surface area contributed by atoms with E-state index in [-0.39, 0.29) is 10.9 Å². The lowest BCUT2D eigenvalue weighted by Crippen LogP contribution is -2.45. The van der Waals surface area contributed by atoms with E-state index in [2.05, 4.69) is 59.5 Å². The van der Waals surface area contributed by atoms with Crippen molar-refractivity contribution in [1.29, 1.82) is 10.5 Å². The molecular formula is C28H30BFN8. The Bertz CT molecular complexity index is 1510. The molecular weight excluding hydrogens is 478 g/mol. The molecule has 2 aromatic carbocycles. The Hall–Kier alpha value is -4.28. The van der Waals surface area contributed by atoms with Gasteiger partial charge in [-0.25, -0.2) is 4.39 Å². The summed E-state index contributed by atoms with van der Waals surface area (Å²) < 4.78 is 15.5. The summed E-state index contributed by atoms with van der Waals surface area (Å²) in [5, 5.41) is 28.7. The molecule has 4 N–H and O–H groups in total. The smallest absolute Gasteiger partial charge is 0.151 e. The third-order valence-corrected chi connectivity index (χ3v) is 6.87. The van der Waals surface area contributed by atoms with Gasteiger partial charge in [-0.05, 0) is 48.1 Å². The molecule has 38 heavy (non-hydrogen) atoms. The number of hydrogen-bond donors (Lipinski definition) is 4. The molecule has 0 radical (unpaired) electrons. The molecule has 10 heteroatoms. The minimum absolute atomic E-state index is 0.0535. The second-order valence-corrected chi connectivity index (χ2v) is 11.3. The van der Waals surface area contributed by atoms with Crippen LogP contribution >= 0.6 is 0 Å². The molecule has 1 fully saturated rings. The fourth-order valence-electron chi connectivity index (χ4n) is 4.58. The third-order valence-electron chi connectivity index (χ3n) is 6.87. The van der Waals surface area contributed by atoms with Crippen LogP contribution in [-0.2, 0) is 5.44 Å². The quantitative estimate of drug-likeness (QED) is 0.357. The molecule has 1 aliphatic carbocycles. The van der Waals surface area contributed by atoms with E-state index in [9.17, 15) is 10.5 Å². The van der Waals surface area contributed by atoms with E-state index in [1.165, 1.54) is 12.3 Å². The van der Waals surface area contributed by atoms with Gasteiger partial charge in [0.1, 0.15) is 19.4 Å². The Kier molecular flexibility index (Phi) is 6.38. The van der Waals surface area contributed by atoms with Crippen LogP contribution < -0.4 is 21.6 Å². The zero-order valence-corrected chi connectivity index (χ0v) is 22.0. The van der Waals surface area contributed by atoms with Crippen LogP contribution in [0.2, 0.25) is 0 Å². The summed E-state index contributed by atoms with van der Waals surface area (Å²) >= 11 is 0. The summed E-state index contributed by atoms with van der Waals surface area (Å²) in [7, 11) is 1.99. The van der Waals surface area contributed by atoms with Crippen molar-refractivity contribution in [3.63, 3.8) is 0 Å². The second kappa shape index (κ2) is 9.55. The molecule has 8 nitrogen and oxygen atoms in total. The number of halogens is 1. The van der Waals surface area contributed by atoms with E-state index in [1.54, 1.807) is 6.07 Å². The molecule has 0 spiro atoms. The highest BCUT2D eigenvalue weighted by Gasteiger charge is 2.38. The summed E-state index contributed by atoms with van der Waals surface area (Å²) in [5.41, 5.74) is 9.40. The Morgan fingerprint density at radius 1 is 1.18 bits per heavy atom. The zero-order valence-electron chi connectivity index (χ0n) is 22.0. The predicted octanol–water partition coefficient (Wildman–Crippen LogP) is 3.80. The van der Waals surface area contributed by atoms with Gasteiger partial charge in [0.15, 0.2) is 5.82 Å². The maximum absolute atomic E-state index is 15.5. The average molecular weight is 508 g/mol. The van der Waals surface area contributed by atoms with Crippen LogP contribution in [0.5, 0.6) is 0 Å². The molecule has 1 saturated carbocycles. The van der Waals surface area contributed by atoms with Crippen LogP contribution in [0.1, 0.15) is 50.3 Å². The van der Waals surface area contributed by atoms with Gasteiger partial charge >= 0.3 is 0 Å². The van der Waals surface area contributed by atoms with Gasteiger partial charge in [-0.15, -0.1) is 5.53 Å². The van der Waals surface area contributed by atoms with Crippen LogP contribution in [0.4, 0.5) is 15.8 Å². The standard InChI is InChI=1S/C28H30BFN8/c1-27(2,3)16-34-25-18(13-32)14-33-26-22(25)10-20(11-23(26)30)35-28(29,19-6-4-5-17(9-19)12-31)24-15-38(37-36-24)21-7-8-21/h4-6,9-11,14-15,21,35-37H,7-8,16,29H2,1-3H3,(H,33,34). The lowest BCUT2D eigenvalue weighted by atomic mass is 9.69. The topological polar surface area (TPSA) is 112 Å². The van der Waals surface area contributed by atoms with Crippen LogP contribution in [0, 0.1) is 33.9 Å². The first kappa shape index (κ1) is 25.4. The minimum Gasteiger partial charge on any atom is -0.383 e. The molecule has 1 aliphatic heterocycles. The number of nitrogens with one attached hydrogen (secondary N) is 4. The molecule has 0 saturated heterocycles.